The summed E-state index contributed by atoms with van der Waals surface area (Å²) in [6, 6.07) is 17.1. The van der Waals surface area contributed by atoms with Gasteiger partial charge in [0.15, 0.2) is 0 Å². The van der Waals surface area contributed by atoms with E-state index in [1.165, 1.54) is 0 Å². The highest BCUT2D eigenvalue weighted by molar-refractivity contribution is 7.85. The van der Waals surface area contributed by atoms with E-state index in [0.717, 1.165) is 17.4 Å². The van der Waals surface area contributed by atoms with Crippen LogP contribution >= 0.6 is 0 Å². The molecule has 0 aliphatic heterocycles. The van der Waals surface area contributed by atoms with Gasteiger partial charge in [0.25, 0.3) is 10.1 Å². The molecule has 136 valence electrons. The summed E-state index contributed by atoms with van der Waals surface area (Å²) in [7, 11) is -3.47. The number of benzene rings is 2. The Hall–Kier alpha value is -1.89. The molecule has 2 aromatic rings. The molecule has 0 atom stereocenters. The average Bonchev–Trinajstić information content (AvgIpc) is 2.57. The lowest BCUT2D eigenvalue weighted by Gasteiger charge is -2.25. The molecule has 0 spiro atoms. The molecule has 0 aromatic heterocycles. The zero-order valence-corrected chi connectivity index (χ0v) is 15.6. The van der Waals surface area contributed by atoms with Gasteiger partial charge in [-0.05, 0) is 37.1 Å². The quantitative estimate of drug-likeness (QED) is 0.637. The first-order valence-electron chi connectivity index (χ1n) is 7.98. The van der Waals surface area contributed by atoms with Gasteiger partial charge in [-0.3, -0.25) is 4.18 Å². The van der Waals surface area contributed by atoms with Gasteiger partial charge >= 0.3 is 0 Å². The molecule has 0 heterocycles. The zero-order valence-electron chi connectivity index (χ0n) is 14.8. The summed E-state index contributed by atoms with van der Waals surface area (Å²) in [4.78, 5) is 0. The second kappa shape index (κ2) is 8.47. The smallest absolute Gasteiger partial charge is 0.264 e. The van der Waals surface area contributed by atoms with Crippen LogP contribution in [-0.2, 0) is 32.3 Å². The van der Waals surface area contributed by atoms with Crippen LogP contribution in [0, 0.1) is 0 Å². The van der Waals surface area contributed by atoms with Crippen LogP contribution < -0.4 is 4.74 Å². The van der Waals surface area contributed by atoms with Crippen LogP contribution in [0.3, 0.4) is 0 Å². The Morgan fingerprint density at radius 2 is 1.60 bits per heavy atom. The Labute approximate surface area is 149 Å². The zero-order chi connectivity index (χ0) is 18.3. The summed E-state index contributed by atoms with van der Waals surface area (Å²) in [5.41, 5.74) is 1.37. The molecule has 2 rings (SSSR count). The number of hydrogen-bond acceptors (Lipinski definition) is 5. The lowest BCUT2D eigenvalue weighted by molar-refractivity contribution is -0.0569. The fraction of sp³-hybridized carbons (Fsp3) is 0.368. The molecule has 0 fully saturated rings. The summed E-state index contributed by atoms with van der Waals surface area (Å²) in [6.45, 7) is 4.80. The minimum absolute atomic E-state index is 0.00999. The summed E-state index contributed by atoms with van der Waals surface area (Å²) in [5, 5.41) is 0. The monoisotopic (exact) mass is 364 g/mol. The Morgan fingerprint density at radius 1 is 0.920 bits per heavy atom. The number of hydrogen-bond donors (Lipinski definition) is 0. The molecule has 0 radical (unpaired) electrons. The van der Waals surface area contributed by atoms with Crippen LogP contribution in [0.2, 0.25) is 0 Å². The average molecular weight is 364 g/mol. The Morgan fingerprint density at radius 3 is 2.28 bits per heavy atom. The second-order valence-electron chi connectivity index (χ2n) is 6.44. The van der Waals surface area contributed by atoms with Crippen molar-refractivity contribution < 1.29 is 22.1 Å². The number of rotatable bonds is 9. The molecule has 0 aliphatic carbocycles. The molecule has 0 saturated carbocycles. The maximum Gasteiger partial charge on any atom is 0.264 e. The van der Waals surface area contributed by atoms with Gasteiger partial charge < -0.3 is 9.47 Å². The molecule has 25 heavy (non-hydrogen) atoms. The fourth-order valence-electron chi connectivity index (χ4n) is 2.05. The number of ether oxygens (including phenoxy) is 2. The molecular formula is C19H24O5S. The van der Waals surface area contributed by atoms with Gasteiger partial charge in [0, 0.05) is 0 Å². The highest BCUT2D eigenvalue weighted by Gasteiger charge is 2.20. The maximum absolute atomic E-state index is 11.1. The third-order valence-corrected chi connectivity index (χ3v) is 3.94. The Bertz CT molecular complexity index is 769. The molecule has 6 heteroatoms. The van der Waals surface area contributed by atoms with E-state index in [1.807, 2.05) is 50.2 Å². The van der Waals surface area contributed by atoms with Crippen LogP contribution in [-0.4, -0.2) is 26.9 Å². The SMILES string of the molecule is CC(C)(COc1cccc(COS(C)(=O)=O)c1)OCc1ccccc1. The Kier molecular flexibility index (Phi) is 6.58. The summed E-state index contributed by atoms with van der Waals surface area (Å²) in [5.74, 6) is 0.644. The predicted octanol–water partition coefficient (Wildman–Crippen LogP) is 3.54. The van der Waals surface area contributed by atoms with Crippen LogP contribution in [0.5, 0.6) is 5.75 Å². The first-order chi connectivity index (χ1) is 11.7. The lowest BCUT2D eigenvalue weighted by Crippen LogP contribution is -2.32. The van der Waals surface area contributed by atoms with Gasteiger partial charge in [-0.2, -0.15) is 8.42 Å². The molecule has 0 saturated heterocycles. The van der Waals surface area contributed by atoms with Gasteiger partial charge in [0.05, 0.1) is 25.1 Å². The molecule has 0 N–H and O–H groups in total. The highest BCUT2D eigenvalue weighted by atomic mass is 32.2. The van der Waals surface area contributed by atoms with Crippen LogP contribution in [0.1, 0.15) is 25.0 Å². The van der Waals surface area contributed by atoms with Crippen molar-refractivity contribution in [1.82, 2.24) is 0 Å². The standard InChI is InChI=1S/C19H24O5S/c1-19(2,23-13-16-8-5-4-6-9-16)15-22-18-11-7-10-17(12-18)14-24-25(3,20)21/h4-12H,13-15H2,1-3H3. The molecule has 5 nitrogen and oxygen atoms in total. The van der Waals surface area contributed by atoms with Gasteiger partial charge in [-0.25, -0.2) is 0 Å². The van der Waals surface area contributed by atoms with Crippen molar-refractivity contribution in [2.75, 3.05) is 12.9 Å². The van der Waals surface area contributed by atoms with E-state index in [0.29, 0.717) is 19.0 Å². The topological polar surface area (TPSA) is 61.8 Å². The Balaban J connectivity index is 1.86. The summed E-state index contributed by atoms with van der Waals surface area (Å²) in [6.07, 6.45) is 1.03. The first-order valence-corrected chi connectivity index (χ1v) is 9.79. The minimum atomic E-state index is -3.47. The van der Waals surface area contributed by atoms with E-state index in [9.17, 15) is 8.42 Å². The molecule has 0 unspecified atom stereocenters. The molecule has 0 bridgehead atoms. The summed E-state index contributed by atoms with van der Waals surface area (Å²) >= 11 is 0. The normalized spacial score (nSPS) is 12.1. The van der Waals surface area contributed by atoms with E-state index in [2.05, 4.69) is 0 Å². The highest BCUT2D eigenvalue weighted by Crippen LogP contribution is 2.19. The lowest BCUT2D eigenvalue weighted by atomic mass is 10.1. The van der Waals surface area contributed by atoms with Gasteiger partial charge in [-0.15, -0.1) is 0 Å². The van der Waals surface area contributed by atoms with Crippen molar-refractivity contribution in [2.24, 2.45) is 0 Å². The van der Waals surface area contributed by atoms with E-state index in [-0.39, 0.29) is 6.61 Å². The fourth-order valence-corrected chi connectivity index (χ4v) is 2.40. The van der Waals surface area contributed by atoms with E-state index < -0.39 is 15.7 Å². The maximum atomic E-state index is 11.1. The van der Waals surface area contributed by atoms with Gasteiger partial charge in [0.1, 0.15) is 12.4 Å². The van der Waals surface area contributed by atoms with Crippen molar-refractivity contribution in [3.05, 3.63) is 65.7 Å². The van der Waals surface area contributed by atoms with Crippen molar-refractivity contribution in [1.29, 1.82) is 0 Å². The van der Waals surface area contributed by atoms with Crippen molar-refractivity contribution >= 4 is 10.1 Å². The minimum Gasteiger partial charge on any atom is -0.491 e. The predicted molar refractivity (Wildman–Crippen MR) is 96.9 cm³/mol. The largest absolute Gasteiger partial charge is 0.491 e. The van der Waals surface area contributed by atoms with E-state index in [1.54, 1.807) is 18.2 Å². The van der Waals surface area contributed by atoms with Crippen molar-refractivity contribution in [3.8, 4) is 5.75 Å². The second-order valence-corrected chi connectivity index (χ2v) is 8.08. The van der Waals surface area contributed by atoms with Crippen molar-refractivity contribution in [3.63, 3.8) is 0 Å². The van der Waals surface area contributed by atoms with Crippen LogP contribution in [0.25, 0.3) is 0 Å². The molecular weight excluding hydrogens is 340 g/mol. The van der Waals surface area contributed by atoms with Gasteiger partial charge in [-0.1, -0.05) is 42.5 Å². The third-order valence-electron chi connectivity index (χ3n) is 3.40. The van der Waals surface area contributed by atoms with Crippen molar-refractivity contribution in [2.45, 2.75) is 32.7 Å². The van der Waals surface area contributed by atoms with Crippen LogP contribution in [0.15, 0.2) is 54.6 Å². The van der Waals surface area contributed by atoms with E-state index >= 15 is 0 Å². The van der Waals surface area contributed by atoms with E-state index in [4.69, 9.17) is 13.7 Å². The summed E-state index contributed by atoms with van der Waals surface area (Å²) < 4.78 is 38.7. The van der Waals surface area contributed by atoms with Gasteiger partial charge in [0.2, 0.25) is 0 Å². The molecule has 0 aliphatic rings. The van der Waals surface area contributed by atoms with Crippen LogP contribution in [0.4, 0.5) is 0 Å². The third kappa shape index (κ3) is 7.69. The molecule has 0 amide bonds. The first kappa shape index (κ1) is 19.4. The molecule has 2 aromatic carbocycles.